The Morgan fingerprint density at radius 3 is 2.33 bits per heavy atom. The maximum Gasteiger partial charge on any atom is 0.412 e. The monoisotopic (exact) mass is 269 g/mol. The summed E-state index contributed by atoms with van der Waals surface area (Å²) >= 11 is 1.67. The van der Waals surface area contributed by atoms with Gasteiger partial charge in [0.2, 0.25) is 0 Å². The van der Waals surface area contributed by atoms with Crippen LogP contribution in [-0.2, 0) is 4.74 Å². The molecule has 0 radical (unpaired) electrons. The summed E-state index contributed by atoms with van der Waals surface area (Å²) in [4.78, 5) is 11.7. The Morgan fingerprint density at radius 2 is 1.94 bits per heavy atom. The fraction of sp³-hybridized carbons (Fsp3) is 0.500. The molecule has 0 aliphatic heterocycles. The predicted octanol–water partition coefficient (Wildman–Crippen LogP) is 3.89. The second-order valence-corrected chi connectivity index (χ2v) is 5.92. The molecule has 18 heavy (non-hydrogen) atoms. The maximum absolute atomic E-state index is 11.7. The molecule has 0 saturated carbocycles. The molecule has 0 heterocycles. The number of thioether (sulfide) groups is 1. The van der Waals surface area contributed by atoms with E-state index in [-0.39, 0.29) is 0 Å². The van der Waals surface area contributed by atoms with Gasteiger partial charge >= 0.3 is 6.09 Å². The number of allylic oxidation sites excluding steroid dienone is 2. The van der Waals surface area contributed by atoms with Crippen molar-refractivity contribution in [1.29, 1.82) is 0 Å². The minimum absolute atomic E-state index is 0.478. The van der Waals surface area contributed by atoms with E-state index in [2.05, 4.69) is 18.5 Å². The Morgan fingerprint density at radius 1 is 1.39 bits per heavy atom. The van der Waals surface area contributed by atoms with Gasteiger partial charge in [0.1, 0.15) is 5.60 Å². The fourth-order valence-corrected chi connectivity index (χ4v) is 1.56. The number of carbonyl (C=O) groups is 1. The average molecular weight is 269 g/mol. The Kier molecular flexibility index (Phi) is 6.84. The van der Waals surface area contributed by atoms with E-state index in [9.17, 15) is 4.79 Å². The number of hydrogen-bond donors (Lipinski definition) is 1. The van der Waals surface area contributed by atoms with Gasteiger partial charge in [-0.1, -0.05) is 13.2 Å². The summed E-state index contributed by atoms with van der Waals surface area (Å²) in [5, 5.41) is 2.69. The Labute approximate surface area is 114 Å². The lowest BCUT2D eigenvalue weighted by molar-refractivity contribution is 0.0547. The number of hydrogen-bond acceptors (Lipinski definition) is 3. The predicted molar refractivity (Wildman–Crippen MR) is 79.8 cm³/mol. The molecule has 4 heteroatoms. The van der Waals surface area contributed by atoms with Crippen LogP contribution < -0.4 is 5.32 Å². The van der Waals surface area contributed by atoms with Crippen molar-refractivity contribution < 1.29 is 9.53 Å². The smallest absolute Gasteiger partial charge is 0.412 e. The lowest BCUT2D eigenvalue weighted by atomic mass is 10.2. The number of carbonyl (C=O) groups excluding carboxylic acids is 1. The molecule has 0 saturated heterocycles. The molecule has 0 aromatic rings. The van der Waals surface area contributed by atoms with E-state index in [0.29, 0.717) is 5.70 Å². The summed E-state index contributed by atoms with van der Waals surface area (Å²) in [6, 6.07) is 0. The first-order valence-corrected chi connectivity index (χ1v) is 7.09. The highest BCUT2D eigenvalue weighted by Gasteiger charge is 2.17. The van der Waals surface area contributed by atoms with Gasteiger partial charge in [0, 0.05) is 11.4 Å². The number of nitrogens with one attached hydrogen (secondary N) is 1. The van der Waals surface area contributed by atoms with Crippen LogP contribution in [-0.4, -0.2) is 23.7 Å². The molecule has 0 aromatic heterocycles. The van der Waals surface area contributed by atoms with Crippen molar-refractivity contribution in [2.45, 2.75) is 33.3 Å². The topological polar surface area (TPSA) is 38.3 Å². The van der Waals surface area contributed by atoms with Gasteiger partial charge < -0.3 is 4.74 Å². The van der Waals surface area contributed by atoms with Crippen molar-refractivity contribution in [2.24, 2.45) is 0 Å². The van der Waals surface area contributed by atoms with E-state index < -0.39 is 11.7 Å². The van der Waals surface area contributed by atoms with Crippen LogP contribution in [0.4, 0.5) is 4.79 Å². The van der Waals surface area contributed by atoms with Crippen LogP contribution >= 0.6 is 11.8 Å². The molecule has 0 unspecified atom stereocenters. The largest absolute Gasteiger partial charge is 0.444 e. The van der Waals surface area contributed by atoms with Crippen LogP contribution in [0, 0.1) is 0 Å². The van der Waals surface area contributed by atoms with Crippen LogP contribution in [0.2, 0.25) is 0 Å². The number of alkyl carbamates (subject to hydrolysis) is 1. The Bertz CT molecular complexity index is 364. The van der Waals surface area contributed by atoms with Gasteiger partial charge in [0.25, 0.3) is 0 Å². The summed E-state index contributed by atoms with van der Waals surface area (Å²) in [5.74, 6) is 0.812. The minimum atomic E-state index is -0.513. The van der Waals surface area contributed by atoms with Crippen molar-refractivity contribution in [3.8, 4) is 0 Å². The molecule has 0 aliphatic carbocycles. The molecule has 0 spiro atoms. The summed E-state index contributed by atoms with van der Waals surface area (Å²) < 4.78 is 5.19. The van der Waals surface area contributed by atoms with E-state index in [1.165, 1.54) is 0 Å². The van der Waals surface area contributed by atoms with Crippen LogP contribution in [0.5, 0.6) is 0 Å². The van der Waals surface area contributed by atoms with Crippen molar-refractivity contribution in [1.82, 2.24) is 5.32 Å². The molecule has 0 aromatic carbocycles. The van der Waals surface area contributed by atoms with Gasteiger partial charge in [-0.3, -0.25) is 5.32 Å². The number of rotatable bonds is 5. The summed E-state index contributed by atoms with van der Waals surface area (Å²) in [5.41, 5.74) is 1.82. The van der Waals surface area contributed by atoms with Crippen molar-refractivity contribution >= 4 is 17.9 Å². The normalized spacial score (nSPS) is 11.9. The quantitative estimate of drug-likeness (QED) is 0.769. The highest BCUT2D eigenvalue weighted by Crippen LogP contribution is 2.12. The third-order valence-electron chi connectivity index (χ3n) is 1.77. The highest BCUT2D eigenvalue weighted by molar-refractivity contribution is 7.98. The summed E-state index contributed by atoms with van der Waals surface area (Å²) in [6.07, 6.45) is 3.34. The van der Waals surface area contributed by atoms with E-state index >= 15 is 0 Å². The van der Waals surface area contributed by atoms with E-state index in [4.69, 9.17) is 4.74 Å². The maximum atomic E-state index is 11.7. The van der Waals surface area contributed by atoms with Crippen molar-refractivity contribution in [2.75, 3.05) is 12.0 Å². The molecule has 3 nitrogen and oxygen atoms in total. The van der Waals surface area contributed by atoms with Gasteiger partial charge in [-0.05, 0) is 51.2 Å². The molecule has 0 bridgehead atoms. The first kappa shape index (κ1) is 16.8. The SMILES string of the molecule is C=C(/C=C(/NC(=O)OC(C)(C)C)C(=C)C)CSC. The van der Waals surface area contributed by atoms with Crippen molar-refractivity contribution in [3.05, 3.63) is 36.1 Å². The zero-order valence-corrected chi connectivity index (χ0v) is 12.7. The lowest BCUT2D eigenvalue weighted by Crippen LogP contribution is -2.32. The summed E-state index contributed by atoms with van der Waals surface area (Å²) in [6.45, 7) is 15.0. The van der Waals surface area contributed by atoms with Crippen LogP contribution in [0.3, 0.4) is 0 Å². The Balaban J connectivity index is 4.70. The lowest BCUT2D eigenvalue weighted by Gasteiger charge is -2.20. The number of ether oxygens (including phenoxy) is 1. The standard InChI is InChI=1S/C14H23NO2S/c1-10(2)12(8-11(3)9-18-7)15-13(16)17-14(4,5)6/h8H,1,3,9H2,2,4-7H3,(H,15,16)/b12-8+. The van der Waals surface area contributed by atoms with Gasteiger partial charge in [-0.25, -0.2) is 4.79 Å². The third-order valence-corrected chi connectivity index (χ3v) is 2.43. The first-order chi connectivity index (χ1) is 8.15. The fourth-order valence-electron chi connectivity index (χ4n) is 1.11. The molecule has 0 fully saturated rings. The molecule has 102 valence electrons. The van der Waals surface area contributed by atoms with Crippen LogP contribution in [0.25, 0.3) is 0 Å². The second kappa shape index (κ2) is 7.31. The second-order valence-electron chi connectivity index (χ2n) is 5.06. The van der Waals surface area contributed by atoms with E-state index in [0.717, 1.165) is 16.9 Å². The summed E-state index contributed by atoms with van der Waals surface area (Å²) in [7, 11) is 0. The number of amides is 1. The molecular formula is C14H23NO2S. The first-order valence-electron chi connectivity index (χ1n) is 5.70. The van der Waals surface area contributed by atoms with E-state index in [1.54, 1.807) is 11.8 Å². The van der Waals surface area contributed by atoms with Crippen LogP contribution in [0.1, 0.15) is 27.7 Å². The molecular weight excluding hydrogens is 246 g/mol. The van der Waals surface area contributed by atoms with Gasteiger partial charge in [0.05, 0.1) is 0 Å². The van der Waals surface area contributed by atoms with Gasteiger partial charge in [-0.15, -0.1) is 0 Å². The zero-order chi connectivity index (χ0) is 14.3. The molecule has 0 atom stereocenters. The zero-order valence-electron chi connectivity index (χ0n) is 11.9. The van der Waals surface area contributed by atoms with E-state index in [1.807, 2.05) is 40.0 Å². The Hall–Kier alpha value is -1.16. The van der Waals surface area contributed by atoms with Gasteiger partial charge in [0.15, 0.2) is 0 Å². The van der Waals surface area contributed by atoms with Gasteiger partial charge in [-0.2, -0.15) is 11.8 Å². The average Bonchev–Trinajstić information content (AvgIpc) is 2.13. The van der Waals surface area contributed by atoms with Crippen LogP contribution in [0.15, 0.2) is 36.1 Å². The highest BCUT2D eigenvalue weighted by atomic mass is 32.2. The molecule has 1 N–H and O–H groups in total. The molecule has 0 aliphatic rings. The minimum Gasteiger partial charge on any atom is -0.444 e. The molecule has 1 amide bonds. The van der Waals surface area contributed by atoms with Crippen molar-refractivity contribution in [3.63, 3.8) is 0 Å². The molecule has 0 rings (SSSR count). The third kappa shape index (κ3) is 8.01.